The second-order valence-corrected chi connectivity index (χ2v) is 5.13. The fourth-order valence-electron chi connectivity index (χ4n) is 0.899. The van der Waals surface area contributed by atoms with Crippen LogP contribution in [0.2, 0.25) is 0 Å². The van der Waals surface area contributed by atoms with E-state index in [-0.39, 0.29) is 11.7 Å². The molecule has 0 saturated carbocycles. The number of amides is 1. The lowest BCUT2D eigenvalue weighted by Gasteiger charge is -2.12. The molecule has 5 nitrogen and oxygen atoms in total. The van der Waals surface area contributed by atoms with E-state index in [1.807, 2.05) is 0 Å². The van der Waals surface area contributed by atoms with E-state index in [1.165, 1.54) is 13.8 Å². The molecule has 1 amide bonds. The average Bonchev–Trinajstić information content (AvgIpc) is 2.16. The summed E-state index contributed by atoms with van der Waals surface area (Å²) < 4.78 is 11.6. The molecule has 0 aromatic heterocycles. The highest BCUT2D eigenvalue weighted by atomic mass is 32.2. The van der Waals surface area contributed by atoms with Crippen molar-refractivity contribution in [3.63, 3.8) is 0 Å². The van der Waals surface area contributed by atoms with Crippen LogP contribution in [0.25, 0.3) is 0 Å². The maximum Gasteiger partial charge on any atom is 0.307 e. The van der Waals surface area contributed by atoms with Crippen LogP contribution in [0.15, 0.2) is 0 Å². The van der Waals surface area contributed by atoms with E-state index in [4.69, 9.17) is 5.11 Å². The van der Waals surface area contributed by atoms with Gasteiger partial charge >= 0.3 is 5.97 Å². The summed E-state index contributed by atoms with van der Waals surface area (Å²) in [5, 5.41) is 10.5. The SMILES string of the molecule is CCNC(=O)C(C)S(=O)CC(C)C(=O)O. The minimum Gasteiger partial charge on any atom is -0.481 e. The van der Waals surface area contributed by atoms with Gasteiger partial charge in [-0.1, -0.05) is 6.92 Å². The molecule has 0 radical (unpaired) electrons. The molecule has 3 unspecified atom stereocenters. The number of carboxylic acids is 1. The van der Waals surface area contributed by atoms with E-state index >= 15 is 0 Å². The maximum absolute atomic E-state index is 11.6. The maximum atomic E-state index is 11.6. The molecule has 6 heteroatoms. The van der Waals surface area contributed by atoms with E-state index in [0.717, 1.165) is 0 Å². The summed E-state index contributed by atoms with van der Waals surface area (Å²) in [5.41, 5.74) is 0. The van der Waals surface area contributed by atoms with Crippen LogP contribution in [-0.2, 0) is 20.4 Å². The second kappa shape index (κ2) is 6.55. The summed E-state index contributed by atoms with van der Waals surface area (Å²) in [5.74, 6) is -1.98. The summed E-state index contributed by atoms with van der Waals surface area (Å²) in [6, 6.07) is 0. The Kier molecular flexibility index (Phi) is 6.15. The number of hydrogen-bond donors (Lipinski definition) is 2. The first-order valence-corrected chi connectivity index (χ1v) is 6.16. The van der Waals surface area contributed by atoms with E-state index in [1.54, 1.807) is 6.92 Å². The molecule has 0 aliphatic rings. The van der Waals surface area contributed by atoms with Gasteiger partial charge < -0.3 is 10.4 Å². The van der Waals surface area contributed by atoms with Crippen molar-refractivity contribution in [3.05, 3.63) is 0 Å². The molecule has 0 fully saturated rings. The molecular weight excluding hydrogens is 218 g/mol. The van der Waals surface area contributed by atoms with Crippen LogP contribution in [-0.4, -0.2) is 38.7 Å². The van der Waals surface area contributed by atoms with Crippen molar-refractivity contribution in [2.24, 2.45) is 5.92 Å². The van der Waals surface area contributed by atoms with Gasteiger partial charge in [0, 0.05) is 23.1 Å². The van der Waals surface area contributed by atoms with Gasteiger partial charge in [0.25, 0.3) is 0 Å². The lowest BCUT2D eigenvalue weighted by atomic mass is 10.2. The second-order valence-electron chi connectivity index (χ2n) is 3.32. The van der Waals surface area contributed by atoms with Gasteiger partial charge in [0.05, 0.1) is 5.92 Å². The Morgan fingerprint density at radius 3 is 2.33 bits per heavy atom. The first-order valence-electron chi connectivity index (χ1n) is 4.77. The molecule has 2 N–H and O–H groups in total. The first kappa shape index (κ1) is 14.1. The van der Waals surface area contributed by atoms with E-state index in [0.29, 0.717) is 6.54 Å². The quantitative estimate of drug-likeness (QED) is 0.677. The molecule has 3 atom stereocenters. The molecule has 0 aliphatic heterocycles. The minimum atomic E-state index is -1.44. The number of aliphatic carboxylic acids is 1. The Labute approximate surface area is 91.7 Å². The number of carbonyl (C=O) groups excluding carboxylic acids is 1. The molecule has 0 spiro atoms. The molecule has 0 aliphatic carbocycles. The Morgan fingerprint density at radius 1 is 1.40 bits per heavy atom. The summed E-state index contributed by atoms with van der Waals surface area (Å²) in [6.07, 6.45) is 0. The third kappa shape index (κ3) is 4.92. The van der Waals surface area contributed by atoms with Gasteiger partial charge in [-0.05, 0) is 13.8 Å². The largest absolute Gasteiger partial charge is 0.481 e. The van der Waals surface area contributed by atoms with Gasteiger partial charge in [0.15, 0.2) is 0 Å². The van der Waals surface area contributed by atoms with Crippen LogP contribution in [0.4, 0.5) is 0 Å². The fraction of sp³-hybridized carbons (Fsp3) is 0.778. The predicted molar refractivity (Wildman–Crippen MR) is 58.0 cm³/mol. The van der Waals surface area contributed by atoms with Crippen LogP contribution in [0.5, 0.6) is 0 Å². The number of rotatable bonds is 6. The zero-order valence-electron chi connectivity index (χ0n) is 9.15. The predicted octanol–water partition coefficient (Wildman–Crippen LogP) is -0.0196. The van der Waals surface area contributed by atoms with Crippen molar-refractivity contribution in [1.82, 2.24) is 5.32 Å². The van der Waals surface area contributed by atoms with Crippen LogP contribution in [0.3, 0.4) is 0 Å². The average molecular weight is 235 g/mol. The molecule has 0 aromatic carbocycles. The molecule has 0 bridgehead atoms. The topological polar surface area (TPSA) is 83.5 Å². The Morgan fingerprint density at radius 2 is 1.93 bits per heavy atom. The lowest BCUT2D eigenvalue weighted by molar-refractivity contribution is -0.140. The standard InChI is InChI=1S/C9H17NO4S/c1-4-10-8(11)7(3)15(14)5-6(2)9(12)13/h6-7H,4-5H2,1-3H3,(H,10,11)(H,12,13). The summed E-state index contributed by atoms with van der Waals surface area (Å²) in [6.45, 7) is 5.27. The molecule has 0 saturated heterocycles. The molecule has 0 aromatic rings. The summed E-state index contributed by atoms with van der Waals surface area (Å²) in [7, 11) is -1.44. The highest BCUT2D eigenvalue weighted by Crippen LogP contribution is 2.04. The highest BCUT2D eigenvalue weighted by molar-refractivity contribution is 7.86. The smallest absolute Gasteiger partial charge is 0.307 e. The van der Waals surface area contributed by atoms with E-state index in [2.05, 4.69) is 5.32 Å². The number of nitrogens with one attached hydrogen (secondary N) is 1. The van der Waals surface area contributed by atoms with Crippen molar-refractivity contribution >= 4 is 22.7 Å². The van der Waals surface area contributed by atoms with Crippen molar-refractivity contribution in [3.8, 4) is 0 Å². The molecular formula is C9H17NO4S. The van der Waals surface area contributed by atoms with E-state index in [9.17, 15) is 13.8 Å². The van der Waals surface area contributed by atoms with Crippen molar-refractivity contribution in [1.29, 1.82) is 0 Å². The van der Waals surface area contributed by atoms with Crippen molar-refractivity contribution < 1.29 is 18.9 Å². The van der Waals surface area contributed by atoms with Gasteiger partial charge in [-0.3, -0.25) is 13.8 Å². The summed E-state index contributed by atoms with van der Waals surface area (Å²) in [4.78, 5) is 21.8. The number of carbonyl (C=O) groups is 2. The van der Waals surface area contributed by atoms with Gasteiger partial charge in [0.2, 0.25) is 5.91 Å². The van der Waals surface area contributed by atoms with E-state index < -0.39 is 27.9 Å². The zero-order valence-corrected chi connectivity index (χ0v) is 9.97. The number of hydrogen-bond acceptors (Lipinski definition) is 3. The highest BCUT2D eigenvalue weighted by Gasteiger charge is 2.23. The van der Waals surface area contributed by atoms with Crippen LogP contribution >= 0.6 is 0 Å². The van der Waals surface area contributed by atoms with Crippen molar-refractivity contribution in [2.45, 2.75) is 26.0 Å². The fourth-order valence-corrected chi connectivity index (χ4v) is 2.15. The van der Waals surface area contributed by atoms with Gasteiger partial charge in [-0.2, -0.15) is 0 Å². The molecule has 15 heavy (non-hydrogen) atoms. The summed E-state index contributed by atoms with van der Waals surface area (Å²) >= 11 is 0. The van der Waals surface area contributed by atoms with Crippen molar-refractivity contribution in [2.75, 3.05) is 12.3 Å². The lowest BCUT2D eigenvalue weighted by Crippen LogP contribution is -2.37. The third-order valence-electron chi connectivity index (χ3n) is 1.95. The van der Waals surface area contributed by atoms with Crippen LogP contribution < -0.4 is 5.32 Å². The van der Waals surface area contributed by atoms with Crippen LogP contribution in [0.1, 0.15) is 20.8 Å². The molecule has 88 valence electrons. The number of carboxylic acid groups (broad SMARTS) is 1. The monoisotopic (exact) mass is 235 g/mol. The normalized spacial score (nSPS) is 16.5. The van der Waals surface area contributed by atoms with Gasteiger partial charge in [-0.15, -0.1) is 0 Å². The van der Waals surface area contributed by atoms with Crippen LogP contribution in [0, 0.1) is 5.92 Å². The first-order chi connectivity index (χ1) is 6.90. The third-order valence-corrected chi connectivity index (χ3v) is 3.78. The Hall–Kier alpha value is -0.910. The molecule has 0 heterocycles. The Balaban J connectivity index is 4.21. The molecule has 0 rings (SSSR count). The van der Waals surface area contributed by atoms with Gasteiger partial charge in [-0.25, -0.2) is 0 Å². The zero-order chi connectivity index (χ0) is 12.0. The minimum absolute atomic E-state index is 0.00757. The van der Waals surface area contributed by atoms with Gasteiger partial charge in [0.1, 0.15) is 5.25 Å². The Bertz CT molecular complexity index is 267.